The van der Waals surface area contributed by atoms with E-state index < -0.39 is 0 Å². The van der Waals surface area contributed by atoms with E-state index >= 15 is 0 Å². The summed E-state index contributed by atoms with van der Waals surface area (Å²) in [6, 6.07) is 13.1. The van der Waals surface area contributed by atoms with Crippen LogP contribution in [0.25, 0.3) is 0 Å². The first kappa shape index (κ1) is 14.6. The summed E-state index contributed by atoms with van der Waals surface area (Å²) in [5.74, 6) is 0.663. The van der Waals surface area contributed by atoms with Gasteiger partial charge in [0.25, 0.3) is 0 Å². The van der Waals surface area contributed by atoms with Gasteiger partial charge in [-0.15, -0.1) is 0 Å². The first-order valence-electron chi connectivity index (χ1n) is 6.07. The standard InChI is InChI=1S/C15H13Cl2N3/c1-10(12-3-5-13(16)6-4-12)20(2)15-8-11(9-18)7-14(17)19-15/h3-8,10H,1-2H3. The summed E-state index contributed by atoms with van der Waals surface area (Å²) in [6.07, 6.45) is 0. The van der Waals surface area contributed by atoms with Crippen molar-refractivity contribution in [1.82, 2.24) is 4.98 Å². The summed E-state index contributed by atoms with van der Waals surface area (Å²) in [5, 5.41) is 10.0. The Morgan fingerprint density at radius 1 is 1.20 bits per heavy atom. The topological polar surface area (TPSA) is 39.9 Å². The Morgan fingerprint density at radius 2 is 1.85 bits per heavy atom. The van der Waals surface area contributed by atoms with Gasteiger partial charge in [-0.25, -0.2) is 4.98 Å². The Morgan fingerprint density at radius 3 is 2.45 bits per heavy atom. The predicted octanol–water partition coefficient (Wildman–Crippen LogP) is 4.46. The molecule has 1 heterocycles. The second-order valence-electron chi connectivity index (χ2n) is 4.49. The lowest BCUT2D eigenvalue weighted by atomic mass is 10.1. The first-order chi connectivity index (χ1) is 9.51. The van der Waals surface area contributed by atoms with Crippen molar-refractivity contribution in [1.29, 1.82) is 5.26 Å². The van der Waals surface area contributed by atoms with Crippen molar-refractivity contribution in [3.05, 3.63) is 57.7 Å². The van der Waals surface area contributed by atoms with Crippen LogP contribution >= 0.6 is 23.2 Å². The highest BCUT2D eigenvalue weighted by Gasteiger charge is 2.14. The number of hydrogen-bond acceptors (Lipinski definition) is 3. The molecule has 0 aliphatic carbocycles. The lowest BCUT2D eigenvalue weighted by Crippen LogP contribution is -2.22. The number of benzene rings is 1. The maximum Gasteiger partial charge on any atom is 0.132 e. The van der Waals surface area contributed by atoms with Gasteiger partial charge in [0.05, 0.1) is 17.7 Å². The Kier molecular flexibility index (Phi) is 4.49. The zero-order valence-electron chi connectivity index (χ0n) is 11.1. The van der Waals surface area contributed by atoms with Crippen molar-refractivity contribution in [2.75, 3.05) is 11.9 Å². The van der Waals surface area contributed by atoms with Crippen molar-refractivity contribution in [3.8, 4) is 6.07 Å². The molecule has 3 nitrogen and oxygen atoms in total. The largest absolute Gasteiger partial charge is 0.353 e. The van der Waals surface area contributed by atoms with Crippen LogP contribution in [0.5, 0.6) is 0 Å². The molecule has 0 N–H and O–H groups in total. The zero-order chi connectivity index (χ0) is 14.7. The second kappa shape index (κ2) is 6.13. The third-order valence-corrected chi connectivity index (χ3v) is 3.65. The molecule has 102 valence electrons. The van der Waals surface area contributed by atoms with Gasteiger partial charge in [-0.05, 0) is 36.8 Å². The van der Waals surface area contributed by atoms with Crippen LogP contribution in [0.1, 0.15) is 24.1 Å². The van der Waals surface area contributed by atoms with E-state index in [4.69, 9.17) is 28.5 Å². The minimum Gasteiger partial charge on any atom is -0.353 e. The highest BCUT2D eigenvalue weighted by Crippen LogP contribution is 2.26. The second-order valence-corrected chi connectivity index (χ2v) is 5.31. The summed E-state index contributed by atoms with van der Waals surface area (Å²) < 4.78 is 0. The molecule has 0 aliphatic rings. The maximum atomic E-state index is 8.98. The van der Waals surface area contributed by atoms with Crippen LogP contribution in [0.4, 0.5) is 5.82 Å². The van der Waals surface area contributed by atoms with Gasteiger partial charge in [0.1, 0.15) is 11.0 Å². The number of pyridine rings is 1. The van der Waals surface area contributed by atoms with Crippen LogP contribution in [0.15, 0.2) is 36.4 Å². The van der Waals surface area contributed by atoms with Crippen molar-refractivity contribution in [3.63, 3.8) is 0 Å². The summed E-state index contributed by atoms with van der Waals surface area (Å²) in [7, 11) is 1.92. The molecule has 0 spiro atoms. The molecule has 20 heavy (non-hydrogen) atoms. The van der Waals surface area contributed by atoms with Crippen molar-refractivity contribution in [2.45, 2.75) is 13.0 Å². The first-order valence-corrected chi connectivity index (χ1v) is 6.83. The molecule has 1 atom stereocenters. The normalized spacial score (nSPS) is 11.8. The summed E-state index contributed by atoms with van der Waals surface area (Å²) >= 11 is 11.8. The van der Waals surface area contributed by atoms with Crippen LogP contribution < -0.4 is 4.90 Å². The molecule has 2 aromatic rings. The fraction of sp³-hybridized carbons (Fsp3) is 0.200. The minimum atomic E-state index is 0.0878. The number of halogens is 2. The molecule has 0 radical (unpaired) electrons. The average molecular weight is 306 g/mol. The molecule has 0 aliphatic heterocycles. The fourth-order valence-electron chi connectivity index (χ4n) is 1.89. The van der Waals surface area contributed by atoms with E-state index in [9.17, 15) is 0 Å². The average Bonchev–Trinajstić information content (AvgIpc) is 2.45. The highest BCUT2D eigenvalue weighted by molar-refractivity contribution is 6.30. The molecule has 0 amide bonds. The Bertz CT molecular complexity index is 647. The van der Waals surface area contributed by atoms with Crippen LogP contribution in [-0.2, 0) is 0 Å². The molecule has 0 saturated heterocycles. The van der Waals surface area contributed by atoms with Crippen LogP contribution in [-0.4, -0.2) is 12.0 Å². The Hall–Kier alpha value is -1.76. The molecule has 0 saturated carbocycles. The smallest absolute Gasteiger partial charge is 0.132 e. The van der Waals surface area contributed by atoms with E-state index in [-0.39, 0.29) is 6.04 Å². The number of nitrogens with zero attached hydrogens (tertiary/aromatic N) is 3. The van der Waals surface area contributed by atoms with Crippen LogP contribution in [0, 0.1) is 11.3 Å². The molecular weight excluding hydrogens is 293 g/mol. The Labute approximate surface area is 128 Å². The lowest BCUT2D eigenvalue weighted by Gasteiger charge is -2.26. The van der Waals surface area contributed by atoms with Crippen molar-refractivity contribution in [2.24, 2.45) is 0 Å². The number of hydrogen-bond donors (Lipinski definition) is 0. The van der Waals surface area contributed by atoms with Gasteiger partial charge in [-0.3, -0.25) is 0 Å². The van der Waals surface area contributed by atoms with Gasteiger partial charge in [0, 0.05) is 12.1 Å². The van der Waals surface area contributed by atoms with E-state index in [1.54, 1.807) is 12.1 Å². The lowest BCUT2D eigenvalue weighted by molar-refractivity contribution is 0.729. The van der Waals surface area contributed by atoms with Gasteiger partial charge in [-0.1, -0.05) is 35.3 Å². The molecule has 5 heteroatoms. The predicted molar refractivity (Wildman–Crippen MR) is 82.2 cm³/mol. The van der Waals surface area contributed by atoms with E-state index in [1.165, 1.54) is 0 Å². The minimum absolute atomic E-state index is 0.0878. The number of anilines is 1. The van der Waals surface area contributed by atoms with Gasteiger partial charge in [0.15, 0.2) is 0 Å². The monoisotopic (exact) mass is 305 g/mol. The van der Waals surface area contributed by atoms with E-state index in [1.807, 2.05) is 36.2 Å². The fourth-order valence-corrected chi connectivity index (χ4v) is 2.22. The van der Waals surface area contributed by atoms with Gasteiger partial charge < -0.3 is 4.90 Å². The third kappa shape index (κ3) is 3.22. The third-order valence-electron chi connectivity index (χ3n) is 3.20. The van der Waals surface area contributed by atoms with Gasteiger partial charge in [-0.2, -0.15) is 5.26 Å². The number of nitriles is 1. The van der Waals surface area contributed by atoms with Crippen LogP contribution in [0.2, 0.25) is 10.2 Å². The molecule has 1 aromatic heterocycles. The highest BCUT2D eigenvalue weighted by atomic mass is 35.5. The van der Waals surface area contributed by atoms with E-state index in [0.717, 1.165) is 5.56 Å². The van der Waals surface area contributed by atoms with E-state index in [2.05, 4.69) is 18.0 Å². The summed E-state index contributed by atoms with van der Waals surface area (Å²) in [5.41, 5.74) is 1.60. The van der Waals surface area contributed by atoms with Crippen LogP contribution in [0.3, 0.4) is 0 Å². The molecule has 2 rings (SSSR count). The van der Waals surface area contributed by atoms with E-state index in [0.29, 0.717) is 21.6 Å². The number of aromatic nitrogens is 1. The van der Waals surface area contributed by atoms with Gasteiger partial charge >= 0.3 is 0 Å². The summed E-state index contributed by atoms with van der Waals surface area (Å²) in [6.45, 7) is 2.05. The number of rotatable bonds is 3. The zero-order valence-corrected chi connectivity index (χ0v) is 12.7. The molecular formula is C15H13Cl2N3. The van der Waals surface area contributed by atoms with Crippen molar-refractivity contribution >= 4 is 29.0 Å². The summed E-state index contributed by atoms with van der Waals surface area (Å²) in [4.78, 5) is 6.23. The maximum absolute atomic E-state index is 8.98. The molecule has 1 aromatic carbocycles. The molecule has 0 fully saturated rings. The Balaban J connectivity index is 2.31. The van der Waals surface area contributed by atoms with Gasteiger partial charge in [0.2, 0.25) is 0 Å². The molecule has 1 unspecified atom stereocenters. The SMILES string of the molecule is CC(c1ccc(Cl)cc1)N(C)c1cc(C#N)cc(Cl)n1. The quantitative estimate of drug-likeness (QED) is 0.786. The molecule has 0 bridgehead atoms. The van der Waals surface area contributed by atoms with Crippen molar-refractivity contribution < 1.29 is 0 Å².